The van der Waals surface area contributed by atoms with Crippen molar-refractivity contribution in [2.75, 3.05) is 26.2 Å². The molecule has 2 saturated heterocycles. The Labute approximate surface area is 118 Å². The molecule has 19 heavy (non-hydrogen) atoms. The minimum Gasteiger partial charge on any atom is -0.325 e. The molecule has 0 atom stereocenters. The fourth-order valence-corrected chi connectivity index (χ4v) is 3.49. The van der Waals surface area contributed by atoms with Crippen LogP contribution in [-0.2, 0) is 0 Å². The van der Waals surface area contributed by atoms with E-state index in [4.69, 9.17) is 0 Å². The Hall–Kier alpha value is -0.730. The fraction of sp³-hybridized carbons (Fsp3) is 0.938. The van der Waals surface area contributed by atoms with Gasteiger partial charge in [0.15, 0.2) is 0 Å². The highest BCUT2D eigenvalue weighted by molar-refractivity contribution is 5.74. The molecule has 2 heterocycles. The zero-order valence-corrected chi connectivity index (χ0v) is 12.9. The summed E-state index contributed by atoms with van der Waals surface area (Å²) >= 11 is 0. The number of carbonyl (C=O) groups is 1. The summed E-state index contributed by atoms with van der Waals surface area (Å²) in [6.07, 6.45) is 6.04. The lowest BCUT2D eigenvalue weighted by Gasteiger charge is -2.39. The van der Waals surface area contributed by atoms with Gasteiger partial charge in [-0.25, -0.2) is 4.79 Å². The van der Waals surface area contributed by atoms with E-state index in [2.05, 4.69) is 30.6 Å². The van der Waals surface area contributed by atoms with Gasteiger partial charge in [0.25, 0.3) is 0 Å². The summed E-state index contributed by atoms with van der Waals surface area (Å²) in [6, 6.07) is 0.303. The lowest BCUT2D eigenvalue weighted by Crippen LogP contribution is -2.49. The number of nitrogens with zero attached hydrogens (tertiary/aromatic N) is 2. The quantitative estimate of drug-likeness (QED) is 0.749. The van der Waals surface area contributed by atoms with Crippen LogP contribution in [0.3, 0.4) is 0 Å². The van der Waals surface area contributed by atoms with Crippen LogP contribution >= 0.6 is 0 Å². The van der Waals surface area contributed by atoms with E-state index in [0.29, 0.717) is 6.03 Å². The van der Waals surface area contributed by atoms with Gasteiger partial charge in [0.2, 0.25) is 0 Å². The molecule has 0 radical (unpaired) electrons. The van der Waals surface area contributed by atoms with Gasteiger partial charge >= 0.3 is 6.03 Å². The van der Waals surface area contributed by atoms with Gasteiger partial charge in [-0.05, 0) is 43.4 Å². The van der Waals surface area contributed by atoms with Crippen LogP contribution in [0.5, 0.6) is 0 Å². The van der Waals surface area contributed by atoms with Gasteiger partial charge < -0.3 is 9.80 Å². The van der Waals surface area contributed by atoms with E-state index in [0.717, 1.165) is 43.9 Å². The Balaban J connectivity index is 1.78. The first kappa shape index (κ1) is 14.7. The first-order chi connectivity index (χ1) is 9.11. The Morgan fingerprint density at radius 1 is 1.00 bits per heavy atom. The highest BCUT2D eigenvalue weighted by Gasteiger charge is 2.29. The highest BCUT2D eigenvalue weighted by atomic mass is 16.2. The Morgan fingerprint density at radius 2 is 1.47 bits per heavy atom. The average molecular weight is 266 g/mol. The monoisotopic (exact) mass is 266 g/mol. The van der Waals surface area contributed by atoms with E-state index in [-0.39, 0.29) is 0 Å². The van der Waals surface area contributed by atoms with E-state index in [9.17, 15) is 4.79 Å². The molecular weight excluding hydrogens is 236 g/mol. The van der Waals surface area contributed by atoms with Gasteiger partial charge in [-0.1, -0.05) is 27.2 Å². The molecule has 0 saturated carbocycles. The van der Waals surface area contributed by atoms with Crippen molar-refractivity contribution >= 4 is 6.03 Å². The Kier molecular flexibility index (Phi) is 5.12. The molecule has 3 nitrogen and oxygen atoms in total. The first-order valence-electron chi connectivity index (χ1n) is 8.15. The molecular formula is C16H30N2O. The van der Waals surface area contributed by atoms with Gasteiger partial charge in [0, 0.05) is 26.2 Å². The zero-order valence-electron chi connectivity index (χ0n) is 12.9. The third-order valence-corrected chi connectivity index (χ3v) is 5.22. The normalized spacial score (nSPS) is 23.2. The van der Waals surface area contributed by atoms with Crippen molar-refractivity contribution in [2.45, 2.75) is 52.9 Å². The maximum Gasteiger partial charge on any atom is 0.319 e. The van der Waals surface area contributed by atoms with Crippen LogP contribution in [0.1, 0.15) is 52.9 Å². The number of amides is 2. The molecule has 2 amide bonds. The summed E-state index contributed by atoms with van der Waals surface area (Å²) in [6.45, 7) is 10.8. The van der Waals surface area contributed by atoms with E-state index in [1.54, 1.807) is 0 Å². The smallest absolute Gasteiger partial charge is 0.319 e. The molecule has 0 spiro atoms. The first-order valence-corrected chi connectivity index (χ1v) is 8.15. The lowest BCUT2D eigenvalue weighted by molar-refractivity contribution is 0.109. The van der Waals surface area contributed by atoms with Gasteiger partial charge in [-0.3, -0.25) is 0 Å². The van der Waals surface area contributed by atoms with Crippen LogP contribution in [-0.4, -0.2) is 42.0 Å². The molecule has 2 fully saturated rings. The summed E-state index contributed by atoms with van der Waals surface area (Å²) in [4.78, 5) is 16.7. The fourth-order valence-electron chi connectivity index (χ4n) is 3.49. The average Bonchev–Trinajstić information content (AvgIpc) is 2.46. The SMILES string of the molecule is CCC1CCN(C(=O)N2CCC(C(C)C)CC2)CC1. The maximum atomic E-state index is 12.5. The number of rotatable bonds is 2. The van der Waals surface area contributed by atoms with Crippen molar-refractivity contribution in [3.8, 4) is 0 Å². The second kappa shape index (κ2) is 6.62. The minimum absolute atomic E-state index is 0.303. The number of hydrogen-bond donors (Lipinski definition) is 0. The van der Waals surface area contributed by atoms with Crippen molar-refractivity contribution in [1.29, 1.82) is 0 Å². The minimum atomic E-state index is 0.303. The van der Waals surface area contributed by atoms with Crippen molar-refractivity contribution in [1.82, 2.24) is 9.80 Å². The van der Waals surface area contributed by atoms with Crippen LogP contribution in [0.4, 0.5) is 4.79 Å². The van der Waals surface area contributed by atoms with Crippen LogP contribution in [0, 0.1) is 17.8 Å². The van der Waals surface area contributed by atoms with E-state index in [1.165, 1.54) is 32.1 Å². The third kappa shape index (κ3) is 3.64. The number of carbonyl (C=O) groups excluding carboxylic acids is 1. The third-order valence-electron chi connectivity index (χ3n) is 5.22. The van der Waals surface area contributed by atoms with E-state index >= 15 is 0 Å². The largest absolute Gasteiger partial charge is 0.325 e. The molecule has 3 heteroatoms. The van der Waals surface area contributed by atoms with Gasteiger partial charge in [-0.15, -0.1) is 0 Å². The highest BCUT2D eigenvalue weighted by Crippen LogP contribution is 2.26. The molecule has 0 aromatic carbocycles. The molecule has 0 N–H and O–H groups in total. The Bertz CT molecular complexity index is 287. The van der Waals surface area contributed by atoms with E-state index in [1.807, 2.05) is 0 Å². The number of likely N-dealkylation sites (tertiary alicyclic amines) is 2. The number of hydrogen-bond acceptors (Lipinski definition) is 1. The lowest BCUT2D eigenvalue weighted by atomic mass is 9.87. The van der Waals surface area contributed by atoms with Crippen LogP contribution in [0.25, 0.3) is 0 Å². The second-order valence-electron chi connectivity index (χ2n) is 6.69. The van der Waals surface area contributed by atoms with Gasteiger partial charge in [-0.2, -0.15) is 0 Å². The summed E-state index contributed by atoms with van der Waals surface area (Å²) in [5, 5.41) is 0. The predicted octanol–water partition coefficient (Wildman–Crippen LogP) is 3.60. The van der Waals surface area contributed by atoms with Gasteiger partial charge in [0.1, 0.15) is 0 Å². The molecule has 2 aliphatic heterocycles. The van der Waals surface area contributed by atoms with Gasteiger partial charge in [0.05, 0.1) is 0 Å². The molecule has 0 aliphatic carbocycles. The summed E-state index contributed by atoms with van der Waals surface area (Å²) in [5.41, 5.74) is 0. The molecule has 0 aromatic rings. The van der Waals surface area contributed by atoms with Crippen molar-refractivity contribution < 1.29 is 4.79 Å². The van der Waals surface area contributed by atoms with Crippen LogP contribution in [0.2, 0.25) is 0 Å². The van der Waals surface area contributed by atoms with Crippen molar-refractivity contribution in [3.63, 3.8) is 0 Å². The molecule has 2 aliphatic rings. The predicted molar refractivity (Wildman–Crippen MR) is 79.1 cm³/mol. The summed E-state index contributed by atoms with van der Waals surface area (Å²) in [7, 11) is 0. The van der Waals surface area contributed by atoms with Crippen LogP contribution in [0.15, 0.2) is 0 Å². The number of piperidine rings is 2. The summed E-state index contributed by atoms with van der Waals surface area (Å²) in [5.74, 6) is 2.42. The van der Waals surface area contributed by atoms with Crippen molar-refractivity contribution in [3.05, 3.63) is 0 Å². The maximum absolute atomic E-state index is 12.5. The molecule has 0 bridgehead atoms. The second-order valence-corrected chi connectivity index (χ2v) is 6.69. The summed E-state index contributed by atoms with van der Waals surface area (Å²) < 4.78 is 0. The van der Waals surface area contributed by atoms with Crippen LogP contribution < -0.4 is 0 Å². The molecule has 110 valence electrons. The van der Waals surface area contributed by atoms with Crippen molar-refractivity contribution in [2.24, 2.45) is 17.8 Å². The topological polar surface area (TPSA) is 23.6 Å². The molecule has 0 aromatic heterocycles. The van der Waals surface area contributed by atoms with E-state index < -0.39 is 0 Å². The number of urea groups is 1. The molecule has 0 unspecified atom stereocenters. The zero-order chi connectivity index (χ0) is 13.8. The molecule has 2 rings (SSSR count). The standard InChI is InChI=1S/C16H30N2O/c1-4-14-5-9-17(10-6-14)16(19)18-11-7-15(8-12-18)13(2)3/h13-15H,4-12H2,1-3H3. The Morgan fingerprint density at radius 3 is 1.89 bits per heavy atom.